The van der Waals surface area contributed by atoms with E-state index in [2.05, 4.69) is 5.32 Å². The zero-order valence-corrected chi connectivity index (χ0v) is 16.7. The summed E-state index contributed by atoms with van der Waals surface area (Å²) >= 11 is 0. The van der Waals surface area contributed by atoms with Crippen molar-refractivity contribution < 1.29 is 45.2 Å². The van der Waals surface area contributed by atoms with Crippen LogP contribution in [0.25, 0.3) is 0 Å². The van der Waals surface area contributed by atoms with E-state index < -0.39 is 41.9 Å². The van der Waals surface area contributed by atoms with Gasteiger partial charge in [0.05, 0.1) is 4.92 Å². The number of non-ortho nitro benzene ring substituents is 1. The van der Waals surface area contributed by atoms with Crippen molar-refractivity contribution in [1.82, 2.24) is 5.32 Å². The van der Waals surface area contributed by atoms with Gasteiger partial charge in [-0.1, -0.05) is 36.4 Å². The van der Waals surface area contributed by atoms with Crippen LogP contribution in [-0.2, 0) is 24.3 Å². The minimum Gasteiger partial charge on any atom is -0.445 e. The number of halogens is 7. The molecule has 0 aromatic heterocycles. The molecule has 33 heavy (non-hydrogen) atoms. The van der Waals surface area contributed by atoms with Gasteiger partial charge < -0.3 is 10.1 Å². The molecule has 0 fully saturated rings. The zero-order valence-electron chi connectivity index (χ0n) is 16.7. The number of ether oxygens (including phenoxy) is 1. The van der Waals surface area contributed by atoms with Gasteiger partial charge in [-0.2, -0.15) is 30.7 Å². The maximum absolute atomic E-state index is 13.4. The fraction of sp³-hybridized carbons (Fsp3) is 0.350. The largest absolute Gasteiger partial charge is 0.459 e. The Hall–Kier alpha value is -3.38. The number of amides is 1. The number of benzene rings is 2. The molecule has 0 bridgehead atoms. The third kappa shape index (κ3) is 6.80. The van der Waals surface area contributed by atoms with Gasteiger partial charge in [0.1, 0.15) is 6.61 Å². The van der Waals surface area contributed by atoms with E-state index in [0.717, 1.165) is 0 Å². The van der Waals surface area contributed by atoms with E-state index in [-0.39, 0.29) is 24.4 Å². The van der Waals surface area contributed by atoms with Gasteiger partial charge in [0.2, 0.25) is 0 Å². The minimum atomic E-state index is -6.36. The molecule has 6 nitrogen and oxygen atoms in total. The molecule has 0 spiro atoms. The molecule has 0 heterocycles. The van der Waals surface area contributed by atoms with E-state index in [1.807, 2.05) is 0 Å². The Bertz CT molecular complexity index is 962. The van der Waals surface area contributed by atoms with Crippen molar-refractivity contribution in [3.63, 3.8) is 0 Å². The van der Waals surface area contributed by atoms with E-state index in [1.54, 1.807) is 0 Å². The van der Waals surface area contributed by atoms with Crippen LogP contribution < -0.4 is 5.32 Å². The highest BCUT2D eigenvalue weighted by atomic mass is 19.4. The molecule has 0 unspecified atom stereocenters. The molecule has 0 aliphatic rings. The number of aryl methyl sites for hydroxylation is 1. The average molecular weight is 482 g/mol. The van der Waals surface area contributed by atoms with Crippen LogP contribution in [0.2, 0.25) is 0 Å². The average Bonchev–Trinajstić information content (AvgIpc) is 2.75. The molecule has 0 aliphatic heterocycles. The number of hydrogen-bond acceptors (Lipinski definition) is 4. The van der Waals surface area contributed by atoms with Gasteiger partial charge in [-0.15, -0.1) is 0 Å². The summed E-state index contributed by atoms with van der Waals surface area (Å²) < 4.78 is 94.0. The van der Waals surface area contributed by atoms with Gasteiger partial charge in [0, 0.05) is 25.1 Å². The second-order valence-electron chi connectivity index (χ2n) is 6.95. The molecule has 2 aromatic rings. The number of alkyl halides is 7. The van der Waals surface area contributed by atoms with E-state index in [4.69, 9.17) is 4.74 Å². The predicted octanol–water partition coefficient (Wildman–Crippen LogP) is 5.79. The summed E-state index contributed by atoms with van der Waals surface area (Å²) in [6.45, 7) is -0.193. The topological polar surface area (TPSA) is 81.5 Å². The number of carbonyl (C=O) groups excluding carboxylic acids is 1. The van der Waals surface area contributed by atoms with E-state index >= 15 is 0 Å². The highest BCUT2D eigenvalue weighted by Crippen LogP contribution is 2.48. The number of hydrogen-bond donors (Lipinski definition) is 1. The van der Waals surface area contributed by atoms with E-state index in [0.29, 0.717) is 11.1 Å². The number of nitro groups is 1. The number of alkyl carbamates (subject to hydrolysis) is 1. The van der Waals surface area contributed by atoms with Gasteiger partial charge in [0.15, 0.2) is 0 Å². The molecule has 13 heteroatoms. The third-order valence-corrected chi connectivity index (χ3v) is 4.52. The first-order valence-electron chi connectivity index (χ1n) is 9.27. The summed E-state index contributed by atoms with van der Waals surface area (Å²) in [5, 5.41) is 13.0. The Balaban J connectivity index is 1.81. The number of nitrogens with one attached hydrogen (secondary N) is 1. The molecular formula is C20H17F7N2O4. The normalized spacial score (nSPS) is 12.3. The molecule has 0 atom stereocenters. The van der Waals surface area contributed by atoms with Gasteiger partial charge >= 0.3 is 24.1 Å². The van der Waals surface area contributed by atoms with Crippen LogP contribution in [0.1, 0.15) is 23.1 Å². The number of rotatable bonds is 9. The maximum atomic E-state index is 13.4. The predicted molar refractivity (Wildman–Crippen MR) is 101 cm³/mol. The molecule has 1 amide bonds. The highest BCUT2D eigenvalue weighted by molar-refractivity contribution is 5.67. The van der Waals surface area contributed by atoms with Gasteiger partial charge in [0.25, 0.3) is 5.69 Å². The fourth-order valence-corrected chi connectivity index (χ4v) is 2.58. The number of carbonyl (C=O) groups is 1. The van der Waals surface area contributed by atoms with Gasteiger partial charge in [-0.05, 0) is 23.1 Å². The van der Waals surface area contributed by atoms with Crippen molar-refractivity contribution in [1.29, 1.82) is 0 Å². The first-order valence-corrected chi connectivity index (χ1v) is 9.27. The lowest BCUT2D eigenvalue weighted by Crippen LogP contribution is -2.52. The van der Waals surface area contributed by atoms with Crippen molar-refractivity contribution in [3.8, 4) is 0 Å². The lowest BCUT2D eigenvalue weighted by Gasteiger charge is -2.28. The summed E-state index contributed by atoms with van der Waals surface area (Å²) in [6, 6.07) is 10.6. The van der Waals surface area contributed by atoms with Crippen LogP contribution in [0.3, 0.4) is 0 Å². The second kappa shape index (κ2) is 10.0. The third-order valence-electron chi connectivity index (χ3n) is 4.52. The van der Waals surface area contributed by atoms with Crippen molar-refractivity contribution in [2.75, 3.05) is 0 Å². The molecule has 0 aliphatic carbocycles. The van der Waals surface area contributed by atoms with Crippen LogP contribution >= 0.6 is 0 Å². The zero-order chi connectivity index (χ0) is 24.9. The van der Waals surface area contributed by atoms with Crippen molar-refractivity contribution >= 4 is 11.8 Å². The van der Waals surface area contributed by atoms with E-state index in [1.165, 1.54) is 48.5 Å². The Morgan fingerprint density at radius 3 is 1.91 bits per heavy atom. The summed E-state index contributed by atoms with van der Waals surface area (Å²) in [7, 11) is 0. The molecule has 180 valence electrons. The van der Waals surface area contributed by atoms with E-state index in [9.17, 15) is 45.6 Å². The minimum absolute atomic E-state index is 0.0343. The lowest BCUT2D eigenvalue weighted by atomic mass is 10.0. The second-order valence-corrected chi connectivity index (χ2v) is 6.95. The molecule has 1 N–H and O–H groups in total. The summed E-state index contributed by atoms with van der Waals surface area (Å²) in [4.78, 5) is 21.7. The summed E-state index contributed by atoms with van der Waals surface area (Å²) in [6.07, 6.45) is -9.61. The maximum Gasteiger partial charge on any atom is 0.459 e. The molecular weight excluding hydrogens is 465 g/mol. The van der Waals surface area contributed by atoms with Crippen LogP contribution in [0.5, 0.6) is 0 Å². The smallest absolute Gasteiger partial charge is 0.445 e. The van der Waals surface area contributed by atoms with Crippen molar-refractivity contribution in [2.45, 2.75) is 44.0 Å². The van der Waals surface area contributed by atoms with Crippen LogP contribution in [0, 0.1) is 10.1 Å². The Labute approximate surface area is 182 Å². The Morgan fingerprint density at radius 2 is 1.39 bits per heavy atom. The molecule has 2 aromatic carbocycles. The first kappa shape index (κ1) is 25.9. The highest BCUT2D eigenvalue weighted by Gasteiger charge is 2.72. The SMILES string of the molecule is O=C(NCc1ccc([N+](=O)[O-])cc1)OCc1ccc(CCC(F)(F)C(F)(F)C(F)(F)F)cc1. The molecule has 2 rings (SSSR count). The summed E-state index contributed by atoms with van der Waals surface area (Å²) in [5.74, 6) is -11.4. The van der Waals surface area contributed by atoms with Crippen molar-refractivity contribution in [2.24, 2.45) is 0 Å². The van der Waals surface area contributed by atoms with Crippen molar-refractivity contribution in [3.05, 3.63) is 75.3 Å². The standard InChI is InChI=1S/C20H17F7N2O4/c21-18(22,19(23,24)20(25,26)27)10-9-13-1-3-15(4-2-13)12-33-17(30)28-11-14-5-7-16(8-6-14)29(31)32/h1-8H,9-12H2,(H,28,30). The quantitative estimate of drug-likeness (QED) is 0.279. The first-order chi connectivity index (χ1) is 15.2. The Morgan fingerprint density at radius 1 is 0.879 bits per heavy atom. The monoisotopic (exact) mass is 482 g/mol. The van der Waals surface area contributed by atoms with Crippen LogP contribution in [0.4, 0.5) is 41.2 Å². The fourth-order valence-electron chi connectivity index (χ4n) is 2.58. The van der Waals surface area contributed by atoms with Crippen LogP contribution in [-0.4, -0.2) is 29.0 Å². The molecule has 0 saturated carbocycles. The van der Waals surface area contributed by atoms with Gasteiger partial charge in [-0.25, -0.2) is 4.79 Å². The lowest BCUT2D eigenvalue weighted by molar-refractivity contribution is -0.384. The number of nitrogens with zero attached hydrogens (tertiary/aromatic N) is 1. The Kier molecular flexibility index (Phi) is 7.88. The number of nitro benzene ring substituents is 1. The molecule has 0 saturated heterocycles. The summed E-state index contributed by atoms with van der Waals surface area (Å²) in [5.41, 5.74) is 0.980. The molecule has 0 radical (unpaired) electrons. The van der Waals surface area contributed by atoms with Crippen LogP contribution in [0.15, 0.2) is 48.5 Å². The van der Waals surface area contributed by atoms with Gasteiger partial charge in [-0.3, -0.25) is 10.1 Å².